The third-order valence-electron chi connectivity index (χ3n) is 5.36. The molecule has 1 aliphatic rings. The molecule has 4 rings (SSSR count). The van der Waals surface area contributed by atoms with Gasteiger partial charge in [0, 0.05) is 30.0 Å². The van der Waals surface area contributed by atoms with Crippen molar-refractivity contribution in [1.29, 1.82) is 0 Å². The van der Waals surface area contributed by atoms with Crippen molar-refractivity contribution in [3.8, 4) is 11.3 Å². The molecule has 1 fully saturated rings. The number of anilines is 1. The summed E-state index contributed by atoms with van der Waals surface area (Å²) in [5.74, 6) is -0.354. The molecule has 0 aliphatic carbocycles. The highest BCUT2D eigenvalue weighted by atomic mass is 35.5. The van der Waals surface area contributed by atoms with Crippen LogP contribution in [-0.2, 0) is 21.2 Å². The molecule has 3 heterocycles. The highest BCUT2D eigenvalue weighted by Crippen LogP contribution is 2.31. The minimum absolute atomic E-state index is 0.113. The Labute approximate surface area is 194 Å². The molecule has 1 saturated heterocycles. The molecule has 0 atom stereocenters. The van der Waals surface area contributed by atoms with Crippen LogP contribution in [-0.4, -0.2) is 36.7 Å². The number of thiazole rings is 1. The first-order valence-electron chi connectivity index (χ1n) is 9.98. The molecule has 1 aliphatic heterocycles. The number of aromatic nitrogens is 1. The standard InChI is InChI=1S/C21H22ClN3O3S3/c1-2-14-3-5-15(6-4-14)17-13-29-21(23-17)24-20(26)16-9-11-25(12-10-16)31(27,28)19-8-7-18(22)30-19/h3-8,13,16H,2,9-12H2,1H3,(H,23,24,26). The van der Waals surface area contributed by atoms with Crippen molar-refractivity contribution in [3.05, 3.63) is 51.7 Å². The topological polar surface area (TPSA) is 79.4 Å². The summed E-state index contributed by atoms with van der Waals surface area (Å²) in [5, 5.41) is 5.38. The Morgan fingerprint density at radius 1 is 1.19 bits per heavy atom. The second-order valence-electron chi connectivity index (χ2n) is 7.31. The molecule has 1 aromatic carbocycles. The molecule has 3 aromatic rings. The minimum atomic E-state index is -3.56. The Morgan fingerprint density at radius 2 is 1.90 bits per heavy atom. The van der Waals surface area contributed by atoms with Crippen LogP contribution in [0.5, 0.6) is 0 Å². The van der Waals surface area contributed by atoms with Crippen molar-refractivity contribution in [3.63, 3.8) is 0 Å². The van der Waals surface area contributed by atoms with E-state index in [2.05, 4.69) is 29.4 Å². The number of carbonyl (C=O) groups excluding carboxylic acids is 1. The first kappa shape index (κ1) is 22.4. The first-order valence-corrected chi connectivity index (χ1v) is 13.5. The Balaban J connectivity index is 1.35. The third kappa shape index (κ3) is 5.01. The summed E-state index contributed by atoms with van der Waals surface area (Å²) < 4.78 is 27.5. The number of nitrogens with one attached hydrogen (secondary N) is 1. The number of aryl methyl sites for hydroxylation is 1. The average Bonchev–Trinajstić information content (AvgIpc) is 3.43. The highest BCUT2D eigenvalue weighted by Gasteiger charge is 2.33. The fourth-order valence-electron chi connectivity index (χ4n) is 3.50. The number of carbonyl (C=O) groups is 1. The number of thiophene rings is 1. The van der Waals surface area contributed by atoms with Crippen LogP contribution in [0.25, 0.3) is 11.3 Å². The second-order valence-corrected chi connectivity index (χ2v) is 12.1. The number of amides is 1. The van der Waals surface area contributed by atoms with Crippen LogP contribution >= 0.6 is 34.3 Å². The number of halogens is 1. The van der Waals surface area contributed by atoms with Gasteiger partial charge in [-0.25, -0.2) is 13.4 Å². The van der Waals surface area contributed by atoms with Crippen LogP contribution in [0.15, 0.2) is 46.0 Å². The van der Waals surface area contributed by atoms with Crippen molar-refractivity contribution in [1.82, 2.24) is 9.29 Å². The summed E-state index contributed by atoms with van der Waals surface area (Å²) in [4.78, 5) is 17.2. The van der Waals surface area contributed by atoms with Crippen LogP contribution < -0.4 is 5.32 Å². The molecule has 0 bridgehead atoms. The van der Waals surface area contributed by atoms with Crippen molar-refractivity contribution < 1.29 is 13.2 Å². The fourth-order valence-corrected chi connectivity index (χ4v) is 7.33. The molecule has 1 N–H and O–H groups in total. The zero-order valence-electron chi connectivity index (χ0n) is 16.9. The molecule has 0 spiro atoms. The predicted octanol–water partition coefficient (Wildman–Crippen LogP) is 5.13. The molecule has 2 aromatic heterocycles. The summed E-state index contributed by atoms with van der Waals surface area (Å²) in [5.41, 5.74) is 3.11. The van der Waals surface area contributed by atoms with Crippen LogP contribution in [0.4, 0.5) is 5.13 Å². The average molecular weight is 496 g/mol. The van der Waals surface area contributed by atoms with Crippen molar-refractivity contribution in [2.45, 2.75) is 30.4 Å². The van der Waals surface area contributed by atoms with Gasteiger partial charge >= 0.3 is 0 Å². The number of rotatable bonds is 6. The summed E-state index contributed by atoms with van der Waals surface area (Å²) in [7, 11) is -3.56. The highest BCUT2D eigenvalue weighted by molar-refractivity contribution is 7.91. The number of sulfonamides is 1. The van der Waals surface area contributed by atoms with Crippen LogP contribution in [0.1, 0.15) is 25.3 Å². The zero-order valence-corrected chi connectivity index (χ0v) is 20.1. The Bertz CT molecular complexity index is 1160. The lowest BCUT2D eigenvalue weighted by Crippen LogP contribution is -2.41. The lowest BCUT2D eigenvalue weighted by Gasteiger charge is -2.29. The van der Waals surface area contributed by atoms with E-state index in [-0.39, 0.29) is 16.0 Å². The van der Waals surface area contributed by atoms with E-state index in [0.29, 0.717) is 35.4 Å². The van der Waals surface area contributed by atoms with E-state index in [1.54, 1.807) is 6.07 Å². The molecule has 31 heavy (non-hydrogen) atoms. The van der Waals surface area contributed by atoms with Crippen LogP contribution in [0, 0.1) is 5.92 Å². The number of piperidine rings is 1. The van der Waals surface area contributed by atoms with Gasteiger partial charge in [-0.2, -0.15) is 4.31 Å². The van der Waals surface area contributed by atoms with Crippen LogP contribution in [0.3, 0.4) is 0 Å². The molecule has 0 radical (unpaired) electrons. The van der Waals surface area contributed by atoms with Gasteiger partial charge in [0.2, 0.25) is 5.91 Å². The normalized spacial score (nSPS) is 15.8. The molecule has 0 unspecified atom stereocenters. The smallest absolute Gasteiger partial charge is 0.252 e. The van der Waals surface area contributed by atoms with E-state index in [4.69, 9.17) is 11.6 Å². The monoisotopic (exact) mass is 495 g/mol. The first-order chi connectivity index (χ1) is 14.9. The van der Waals surface area contributed by atoms with Gasteiger partial charge in [-0.3, -0.25) is 4.79 Å². The molecular formula is C21H22ClN3O3S3. The molecule has 0 saturated carbocycles. The van der Waals surface area contributed by atoms with Gasteiger partial charge in [0.1, 0.15) is 4.21 Å². The number of hydrogen-bond donors (Lipinski definition) is 1. The Hall–Kier alpha value is -1.78. The quantitative estimate of drug-likeness (QED) is 0.514. The second kappa shape index (κ2) is 9.38. The van der Waals surface area contributed by atoms with E-state index in [1.165, 1.54) is 27.3 Å². The number of nitrogens with zero attached hydrogens (tertiary/aromatic N) is 2. The van der Waals surface area contributed by atoms with Crippen LogP contribution in [0.2, 0.25) is 4.34 Å². The maximum atomic E-state index is 12.7. The predicted molar refractivity (Wildman–Crippen MR) is 126 cm³/mol. The molecule has 6 nitrogen and oxygen atoms in total. The summed E-state index contributed by atoms with van der Waals surface area (Å²) in [6.45, 7) is 2.73. The Morgan fingerprint density at radius 3 is 2.52 bits per heavy atom. The lowest BCUT2D eigenvalue weighted by molar-refractivity contribution is -0.120. The minimum Gasteiger partial charge on any atom is -0.302 e. The number of hydrogen-bond acceptors (Lipinski definition) is 6. The SMILES string of the molecule is CCc1ccc(-c2csc(NC(=O)C3CCN(S(=O)(=O)c4ccc(Cl)s4)CC3)n2)cc1. The maximum Gasteiger partial charge on any atom is 0.252 e. The Kier molecular flexibility index (Phi) is 6.78. The summed E-state index contributed by atoms with van der Waals surface area (Å²) in [6, 6.07) is 11.3. The molecule has 10 heteroatoms. The molecule has 164 valence electrons. The van der Waals surface area contributed by atoms with E-state index in [9.17, 15) is 13.2 Å². The molecule has 1 amide bonds. The third-order valence-corrected chi connectivity index (χ3v) is 9.71. The van der Waals surface area contributed by atoms with E-state index in [1.807, 2.05) is 17.5 Å². The van der Waals surface area contributed by atoms with Gasteiger partial charge in [-0.05, 0) is 37.0 Å². The van der Waals surface area contributed by atoms with Gasteiger partial charge in [0.05, 0.1) is 10.0 Å². The fraction of sp³-hybridized carbons (Fsp3) is 0.333. The summed E-state index contributed by atoms with van der Waals surface area (Å²) >= 11 is 8.32. The zero-order chi connectivity index (χ0) is 22.0. The van der Waals surface area contributed by atoms with Gasteiger partial charge < -0.3 is 5.32 Å². The van der Waals surface area contributed by atoms with Gasteiger partial charge in [0.15, 0.2) is 5.13 Å². The van der Waals surface area contributed by atoms with Gasteiger partial charge in [0.25, 0.3) is 10.0 Å². The van der Waals surface area contributed by atoms with E-state index < -0.39 is 10.0 Å². The lowest BCUT2D eigenvalue weighted by atomic mass is 9.97. The van der Waals surface area contributed by atoms with E-state index >= 15 is 0 Å². The van der Waals surface area contributed by atoms with Gasteiger partial charge in [-0.1, -0.05) is 42.8 Å². The summed E-state index contributed by atoms with van der Waals surface area (Å²) in [6.07, 6.45) is 1.93. The van der Waals surface area contributed by atoms with Crippen molar-refractivity contribution in [2.24, 2.45) is 5.92 Å². The largest absolute Gasteiger partial charge is 0.302 e. The maximum absolute atomic E-state index is 12.7. The van der Waals surface area contributed by atoms with Gasteiger partial charge in [-0.15, -0.1) is 22.7 Å². The van der Waals surface area contributed by atoms with E-state index in [0.717, 1.165) is 29.0 Å². The van der Waals surface area contributed by atoms with Crippen molar-refractivity contribution >= 4 is 55.3 Å². The molecular weight excluding hydrogens is 474 g/mol. The number of benzene rings is 1. The van der Waals surface area contributed by atoms with Crippen molar-refractivity contribution in [2.75, 3.05) is 18.4 Å².